The number of nitrogens with zero attached hydrogens (tertiary/aromatic N) is 3. The molecule has 0 radical (unpaired) electrons. The molecule has 0 saturated carbocycles. The van der Waals surface area contributed by atoms with Gasteiger partial charge in [-0.2, -0.15) is 0 Å². The largest absolute Gasteiger partial charge is 0.340 e. The van der Waals surface area contributed by atoms with E-state index in [0.717, 1.165) is 10.2 Å². The lowest BCUT2D eigenvalue weighted by Gasteiger charge is -2.11. The van der Waals surface area contributed by atoms with Crippen LogP contribution in [0.2, 0.25) is 0 Å². The highest BCUT2D eigenvalue weighted by atomic mass is 79.9. The van der Waals surface area contributed by atoms with Crippen molar-refractivity contribution in [3.63, 3.8) is 0 Å². The average molecular weight is 617 g/mol. The van der Waals surface area contributed by atoms with Crippen molar-refractivity contribution in [2.24, 2.45) is 0 Å². The third-order valence-electron chi connectivity index (χ3n) is 3.26. The molecule has 0 aliphatic carbocycles. The Morgan fingerprint density at radius 2 is 1.59 bits per heavy atom. The molecule has 2 unspecified atom stereocenters. The first-order chi connectivity index (χ1) is 14.5. The Morgan fingerprint density at radius 1 is 1.12 bits per heavy atom. The first-order valence-corrected chi connectivity index (χ1v) is 14.7. The quantitative estimate of drug-likeness (QED) is 0.222. The molecular formula is C18H25Br2N3O7P2. The number of carbonyl (C=O) groups is 1. The van der Waals surface area contributed by atoms with Crippen LogP contribution in [0, 0.1) is 24.0 Å². The molecule has 2 rings (SSSR count). The standard InChI is InChI=1S/C9H13N2O4P.C7H9BrNO2P.C2H3BrO/c1-4-15-16(3,14)9-6-8(11(12)13)5-7(2)10-9;1-5-3-6(8)4-7(9-5)12(2,10)11;1-2(3)4/h5-6H,4H2,1-3H3;3-4H,1-2H3,(H,10,11);1H3. The summed E-state index contributed by atoms with van der Waals surface area (Å²) in [6.45, 7) is 9.51. The van der Waals surface area contributed by atoms with Gasteiger partial charge in [0.05, 0.1) is 11.5 Å². The van der Waals surface area contributed by atoms with E-state index in [1.165, 1.54) is 32.4 Å². The van der Waals surface area contributed by atoms with Gasteiger partial charge < -0.3 is 9.42 Å². The molecule has 0 spiro atoms. The first-order valence-electron chi connectivity index (χ1n) is 8.96. The lowest BCUT2D eigenvalue weighted by molar-refractivity contribution is -0.384. The summed E-state index contributed by atoms with van der Waals surface area (Å²) in [7, 11) is -6.27. The molecule has 10 nitrogen and oxygen atoms in total. The summed E-state index contributed by atoms with van der Waals surface area (Å²) in [5, 5.41) is 10.6. The number of rotatable bonds is 5. The fourth-order valence-corrected chi connectivity index (χ4v) is 4.86. The molecule has 0 bridgehead atoms. The molecule has 2 aromatic rings. The second kappa shape index (κ2) is 13.4. The average Bonchev–Trinajstić information content (AvgIpc) is 2.59. The van der Waals surface area contributed by atoms with Gasteiger partial charge in [0.15, 0.2) is 4.69 Å². The number of hydrogen-bond acceptors (Lipinski definition) is 8. The zero-order chi connectivity index (χ0) is 25.3. The van der Waals surface area contributed by atoms with E-state index in [9.17, 15) is 28.9 Å². The van der Waals surface area contributed by atoms with Crippen molar-refractivity contribution < 1.29 is 28.3 Å². The Bertz CT molecular complexity index is 1040. The smallest absolute Gasteiger partial charge is 0.273 e. The maximum atomic E-state index is 12.0. The van der Waals surface area contributed by atoms with E-state index < -0.39 is 19.7 Å². The van der Waals surface area contributed by atoms with Crippen molar-refractivity contribution in [3.8, 4) is 0 Å². The Hall–Kier alpha value is -1.29. The number of hydrogen-bond donors (Lipinski definition) is 1. The normalized spacial score (nSPS) is 13.9. The van der Waals surface area contributed by atoms with Gasteiger partial charge in [-0.05, 0) is 48.8 Å². The van der Waals surface area contributed by atoms with Crippen LogP contribution in [0.1, 0.15) is 25.2 Å². The molecule has 2 heterocycles. The van der Waals surface area contributed by atoms with Gasteiger partial charge >= 0.3 is 0 Å². The topological polar surface area (TPSA) is 150 Å². The van der Waals surface area contributed by atoms with E-state index in [-0.39, 0.29) is 27.9 Å². The lowest BCUT2D eigenvalue weighted by atomic mass is 10.3. The van der Waals surface area contributed by atoms with Crippen LogP contribution in [0.15, 0.2) is 28.7 Å². The summed E-state index contributed by atoms with van der Waals surface area (Å²) in [5.41, 5.74) is 1.45. The second-order valence-electron chi connectivity index (χ2n) is 6.48. The Kier molecular flexibility index (Phi) is 12.9. The number of carbonyl (C=O) groups excluding carboxylic acids is 1. The van der Waals surface area contributed by atoms with Gasteiger partial charge in [0, 0.05) is 48.2 Å². The van der Waals surface area contributed by atoms with E-state index in [1.54, 1.807) is 32.9 Å². The lowest BCUT2D eigenvalue weighted by Crippen LogP contribution is -2.13. The third-order valence-corrected chi connectivity index (χ3v) is 6.61. The van der Waals surface area contributed by atoms with Crippen molar-refractivity contribution in [2.75, 3.05) is 19.9 Å². The monoisotopic (exact) mass is 615 g/mol. The second-order valence-corrected chi connectivity index (χ2v) is 13.1. The maximum absolute atomic E-state index is 12.0. The number of pyridine rings is 2. The molecule has 0 fully saturated rings. The molecule has 0 amide bonds. The van der Waals surface area contributed by atoms with Gasteiger partial charge in [-0.1, -0.05) is 15.9 Å². The highest BCUT2D eigenvalue weighted by Gasteiger charge is 2.23. The fraction of sp³-hybridized carbons (Fsp3) is 0.389. The van der Waals surface area contributed by atoms with E-state index in [2.05, 4.69) is 41.8 Å². The Morgan fingerprint density at radius 3 is 2.00 bits per heavy atom. The van der Waals surface area contributed by atoms with Crippen molar-refractivity contribution in [3.05, 3.63) is 50.2 Å². The van der Waals surface area contributed by atoms with Crippen molar-refractivity contribution >= 4 is 67.8 Å². The minimum absolute atomic E-state index is 0.0208. The maximum Gasteiger partial charge on any atom is 0.273 e. The summed E-state index contributed by atoms with van der Waals surface area (Å²) in [5.74, 6) is 0. The molecular weight excluding hydrogens is 592 g/mol. The molecule has 14 heteroatoms. The van der Waals surface area contributed by atoms with Crippen LogP contribution in [-0.2, 0) is 18.4 Å². The number of nitro groups is 1. The summed E-state index contributed by atoms with van der Waals surface area (Å²) < 4.78 is 29.1. The molecule has 1 N–H and O–H groups in total. The molecule has 32 heavy (non-hydrogen) atoms. The SMILES string of the molecule is CC(=O)Br.CCOP(C)(=O)c1cc([N+](=O)[O-])cc(C)n1.Cc1cc(Br)cc(P(C)(=O)O)n1. The number of aromatic nitrogens is 2. The van der Waals surface area contributed by atoms with Crippen molar-refractivity contribution in [1.82, 2.24) is 9.97 Å². The van der Waals surface area contributed by atoms with Crippen molar-refractivity contribution in [1.29, 1.82) is 0 Å². The Labute approximate surface area is 203 Å². The van der Waals surface area contributed by atoms with Gasteiger partial charge in [-0.3, -0.25) is 24.0 Å². The zero-order valence-corrected chi connectivity index (χ0v) is 23.4. The summed E-state index contributed by atoms with van der Waals surface area (Å²) >= 11 is 5.87. The fourth-order valence-electron chi connectivity index (χ4n) is 2.08. The van der Waals surface area contributed by atoms with Crippen LogP contribution in [0.25, 0.3) is 0 Å². The van der Waals surface area contributed by atoms with Crippen LogP contribution in [0.3, 0.4) is 0 Å². The van der Waals surface area contributed by atoms with Crippen LogP contribution < -0.4 is 10.9 Å². The number of aryl methyl sites for hydroxylation is 2. The molecule has 2 atom stereocenters. The highest BCUT2D eigenvalue weighted by Crippen LogP contribution is 2.40. The zero-order valence-electron chi connectivity index (χ0n) is 18.4. The summed E-state index contributed by atoms with van der Waals surface area (Å²) in [6, 6.07) is 5.88. The first kappa shape index (κ1) is 30.7. The van der Waals surface area contributed by atoms with E-state index in [1.807, 2.05) is 0 Å². The highest BCUT2D eigenvalue weighted by molar-refractivity contribution is 9.18. The molecule has 0 saturated heterocycles. The van der Waals surface area contributed by atoms with E-state index >= 15 is 0 Å². The van der Waals surface area contributed by atoms with Gasteiger partial charge in [-0.15, -0.1) is 0 Å². The van der Waals surface area contributed by atoms with Crippen LogP contribution in [-0.4, -0.2) is 44.4 Å². The van der Waals surface area contributed by atoms with Crippen LogP contribution in [0.4, 0.5) is 5.69 Å². The summed E-state index contributed by atoms with van der Waals surface area (Å²) in [6.07, 6.45) is 0. The van der Waals surface area contributed by atoms with E-state index in [4.69, 9.17) is 4.52 Å². The number of halogens is 2. The van der Waals surface area contributed by atoms with Crippen molar-refractivity contribution in [2.45, 2.75) is 27.7 Å². The van der Waals surface area contributed by atoms with Gasteiger partial charge in [0.2, 0.25) is 14.7 Å². The van der Waals surface area contributed by atoms with E-state index in [0.29, 0.717) is 5.69 Å². The predicted molar refractivity (Wildman–Crippen MR) is 132 cm³/mol. The summed E-state index contributed by atoms with van der Waals surface area (Å²) in [4.78, 5) is 36.6. The van der Waals surface area contributed by atoms with Gasteiger partial charge in [0.25, 0.3) is 5.69 Å². The van der Waals surface area contributed by atoms with Crippen LogP contribution >= 0.6 is 46.6 Å². The van der Waals surface area contributed by atoms with Gasteiger partial charge in [-0.25, -0.2) is 9.97 Å². The molecule has 178 valence electrons. The third kappa shape index (κ3) is 12.1. The molecule has 0 aliphatic heterocycles. The molecule has 2 aromatic heterocycles. The molecule has 0 aromatic carbocycles. The molecule has 0 aliphatic rings. The minimum Gasteiger partial charge on any atom is -0.340 e. The Balaban J connectivity index is 0.000000529. The van der Waals surface area contributed by atoms with Gasteiger partial charge in [0.1, 0.15) is 10.9 Å². The predicted octanol–water partition coefficient (Wildman–Crippen LogP) is 4.47. The minimum atomic E-state index is -3.21. The van der Waals surface area contributed by atoms with Crippen LogP contribution in [0.5, 0.6) is 0 Å².